The molecule has 2 heterocycles. The Morgan fingerprint density at radius 3 is 2.64 bits per heavy atom. The molecule has 3 aliphatic carbocycles. The molecule has 0 aromatic rings. The second-order valence-electron chi connectivity index (χ2n) is 9.85. The van der Waals surface area contributed by atoms with Gasteiger partial charge in [0.1, 0.15) is 0 Å². The molecule has 6 atom stereocenters. The summed E-state index contributed by atoms with van der Waals surface area (Å²) in [5.74, 6) is 1.51. The van der Waals surface area contributed by atoms with Crippen molar-refractivity contribution in [3.63, 3.8) is 0 Å². The minimum absolute atomic E-state index is 0.0139. The summed E-state index contributed by atoms with van der Waals surface area (Å²) in [7, 11) is -0.295. The minimum atomic E-state index is -0.438. The maximum atomic E-state index is 12.8. The third-order valence-electron chi connectivity index (χ3n) is 7.87. The van der Waals surface area contributed by atoms with E-state index in [4.69, 9.17) is 15.0 Å². The van der Waals surface area contributed by atoms with Gasteiger partial charge in [-0.05, 0) is 55.8 Å². The van der Waals surface area contributed by atoms with Crippen LogP contribution in [0.1, 0.15) is 60.3 Å². The highest BCUT2D eigenvalue weighted by molar-refractivity contribution is 6.48. The zero-order valence-corrected chi connectivity index (χ0v) is 16.3. The summed E-state index contributed by atoms with van der Waals surface area (Å²) in [5, 5.41) is 0. The molecule has 5 rings (SSSR count). The standard InChI is InChI=1S/C19H33BN2O3/c1-11(2)16(21)17(23)22-8-6-7-15(22)20-24-14-10-12-9-13(18(12,3)4)19(14,5)25-20/h11-16H,6-10,21H2,1-5H3/t12-,13-,14+,15+,16-,19-/m0/s1. The minimum Gasteiger partial charge on any atom is -0.404 e. The van der Waals surface area contributed by atoms with E-state index in [1.165, 1.54) is 6.42 Å². The lowest BCUT2D eigenvalue weighted by Gasteiger charge is -2.64. The van der Waals surface area contributed by atoms with Crippen molar-refractivity contribution in [2.24, 2.45) is 28.9 Å². The van der Waals surface area contributed by atoms with Crippen molar-refractivity contribution in [2.75, 3.05) is 6.54 Å². The highest BCUT2D eigenvalue weighted by Crippen LogP contribution is 2.65. The molecule has 0 aromatic carbocycles. The van der Waals surface area contributed by atoms with Gasteiger partial charge in [0.15, 0.2) is 0 Å². The normalized spacial score (nSPS) is 43.2. The molecule has 0 spiro atoms. The van der Waals surface area contributed by atoms with E-state index in [0.29, 0.717) is 11.3 Å². The van der Waals surface area contributed by atoms with E-state index in [-0.39, 0.29) is 36.6 Å². The summed E-state index contributed by atoms with van der Waals surface area (Å²) < 4.78 is 13.0. The molecule has 1 amide bonds. The second-order valence-corrected chi connectivity index (χ2v) is 9.85. The predicted molar refractivity (Wildman–Crippen MR) is 97.7 cm³/mol. The third-order valence-corrected chi connectivity index (χ3v) is 7.87. The molecule has 2 aliphatic heterocycles. The van der Waals surface area contributed by atoms with Gasteiger partial charge >= 0.3 is 7.12 Å². The lowest BCUT2D eigenvalue weighted by molar-refractivity contribution is -0.199. The molecule has 5 nitrogen and oxygen atoms in total. The number of carbonyl (C=O) groups excluding carboxylic acids is 1. The molecular weight excluding hydrogens is 315 g/mol. The smallest absolute Gasteiger partial charge is 0.404 e. The lowest BCUT2D eigenvalue weighted by Crippen LogP contribution is -2.65. The predicted octanol–water partition coefficient (Wildman–Crippen LogP) is 2.23. The van der Waals surface area contributed by atoms with E-state index in [0.717, 1.165) is 31.7 Å². The largest absolute Gasteiger partial charge is 0.481 e. The van der Waals surface area contributed by atoms with Crippen LogP contribution in [0.2, 0.25) is 0 Å². The first-order valence-electron chi connectivity index (χ1n) is 10.1. The van der Waals surface area contributed by atoms with Gasteiger partial charge in [-0.15, -0.1) is 0 Å². The third kappa shape index (κ3) is 2.43. The first-order chi connectivity index (χ1) is 11.7. The van der Waals surface area contributed by atoms with E-state index in [1.807, 2.05) is 18.7 Å². The van der Waals surface area contributed by atoms with Gasteiger partial charge in [-0.25, -0.2) is 0 Å². The van der Waals surface area contributed by atoms with Crippen molar-refractivity contribution in [1.29, 1.82) is 0 Å². The quantitative estimate of drug-likeness (QED) is 0.795. The first kappa shape index (κ1) is 17.8. The average Bonchev–Trinajstić information content (AvgIpc) is 3.15. The SMILES string of the molecule is CC(C)[C@H](N)C(=O)N1CCC[C@@H]1B1O[C@@H]2C[C@@H]3C[C@@H](C3(C)C)[C@]2(C)O1. The van der Waals surface area contributed by atoms with E-state index < -0.39 is 6.04 Å². The molecule has 3 saturated carbocycles. The molecule has 2 saturated heterocycles. The van der Waals surface area contributed by atoms with Gasteiger partial charge in [-0.2, -0.15) is 0 Å². The Bertz CT molecular complexity index is 569. The fraction of sp³-hybridized carbons (Fsp3) is 0.947. The zero-order valence-electron chi connectivity index (χ0n) is 16.3. The van der Waals surface area contributed by atoms with Gasteiger partial charge < -0.3 is 19.9 Å². The van der Waals surface area contributed by atoms with E-state index in [1.54, 1.807) is 0 Å². The molecule has 2 N–H and O–H groups in total. The number of carbonyl (C=O) groups is 1. The monoisotopic (exact) mass is 348 g/mol. The first-order valence-corrected chi connectivity index (χ1v) is 10.1. The van der Waals surface area contributed by atoms with Crippen molar-refractivity contribution in [1.82, 2.24) is 4.90 Å². The van der Waals surface area contributed by atoms with Crippen LogP contribution in [0.25, 0.3) is 0 Å². The molecule has 5 fully saturated rings. The van der Waals surface area contributed by atoms with Gasteiger partial charge in [0, 0.05) is 6.54 Å². The van der Waals surface area contributed by atoms with Crippen LogP contribution in [0.3, 0.4) is 0 Å². The van der Waals surface area contributed by atoms with Crippen LogP contribution >= 0.6 is 0 Å². The summed E-state index contributed by atoms with van der Waals surface area (Å²) in [4.78, 5) is 14.7. The Kier molecular flexibility index (Phi) is 4.06. The number of nitrogens with zero attached hydrogens (tertiary/aromatic N) is 1. The fourth-order valence-corrected chi connectivity index (χ4v) is 5.89. The summed E-state index contributed by atoms with van der Waals surface area (Å²) in [6.45, 7) is 11.8. The Balaban J connectivity index is 1.51. The van der Waals surface area contributed by atoms with Crippen LogP contribution in [0.5, 0.6) is 0 Å². The maximum absolute atomic E-state index is 12.8. The molecule has 0 aromatic heterocycles. The molecule has 2 bridgehead atoms. The Morgan fingerprint density at radius 2 is 2.00 bits per heavy atom. The van der Waals surface area contributed by atoms with Crippen LogP contribution in [0.4, 0.5) is 0 Å². The van der Waals surface area contributed by atoms with Crippen LogP contribution in [0, 0.1) is 23.2 Å². The summed E-state index contributed by atoms with van der Waals surface area (Å²) in [6, 6.07) is -0.438. The van der Waals surface area contributed by atoms with Crippen molar-refractivity contribution in [3.05, 3.63) is 0 Å². The Hall–Kier alpha value is -0.585. The van der Waals surface area contributed by atoms with Crippen molar-refractivity contribution >= 4 is 13.0 Å². The highest BCUT2D eigenvalue weighted by Gasteiger charge is 2.69. The number of hydrogen-bond donors (Lipinski definition) is 1. The molecule has 25 heavy (non-hydrogen) atoms. The highest BCUT2D eigenvalue weighted by atomic mass is 16.7. The summed E-state index contributed by atoms with van der Waals surface area (Å²) >= 11 is 0. The van der Waals surface area contributed by atoms with Gasteiger partial charge in [0.2, 0.25) is 5.91 Å². The van der Waals surface area contributed by atoms with Gasteiger partial charge in [-0.3, -0.25) is 4.79 Å². The molecular formula is C19H33BN2O3. The number of hydrogen-bond acceptors (Lipinski definition) is 4. The Morgan fingerprint density at radius 1 is 1.28 bits per heavy atom. The van der Waals surface area contributed by atoms with Crippen LogP contribution in [-0.4, -0.2) is 48.2 Å². The number of nitrogens with two attached hydrogens (primary N) is 1. The molecule has 5 aliphatic rings. The van der Waals surface area contributed by atoms with Crippen molar-refractivity contribution in [3.8, 4) is 0 Å². The molecule has 0 radical (unpaired) electrons. The zero-order chi connectivity index (χ0) is 18.1. The topological polar surface area (TPSA) is 64.8 Å². The molecule has 140 valence electrons. The summed E-state index contributed by atoms with van der Waals surface area (Å²) in [6.07, 6.45) is 4.46. The van der Waals surface area contributed by atoms with Gasteiger partial charge in [0.05, 0.1) is 23.7 Å². The number of likely N-dealkylation sites (tertiary alicyclic amines) is 1. The summed E-state index contributed by atoms with van der Waals surface area (Å²) in [5.41, 5.74) is 6.27. The number of rotatable bonds is 3. The molecule has 0 unspecified atom stereocenters. The van der Waals surface area contributed by atoms with E-state index in [2.05, 4.69) is 20.8 Å². The average molecular weight is 348 g/mol. The van der Waals surface area contributed by atoms with Gasteiger partial charge in [0.25, 0.3) is 0 Å². The van der Waals surface area contributed by atoms with Gasteiger partial charge in [-0.1, -0.05) is 27.7 Å². The Labute approximate surface area is 152 Å². The van der Waals surface area contributed by atoms with Crippen LogP contribution in [0.15, 0.2) is 0 Å². The van der Waals surface area contributed by atoms with Crippen molar-refractivity contribution in [2.45, 2.75) is 84.0 Å². The van der Waals surface area contributed by atoms with E-state index >= 15 is 0 Å². The molecule has 6 heteroatoms. The van der Waals surface area contributed by atoms with Crippen molar-refractivity contribution < 1.29 is 14.1 Å². The lowest BCUT2D eigenvalue weighted by atomic mass is 9.43. The number of amides is 1. The second kappa shape index (κ2) is 5.70. The maximum Gasteiger partial charge on any atom is 0.481 e. The van der Waals surface area contributed by atoms with Crippen LogP contribution in [-0.2, 0) is 14.1 Å². The fourth-order valence-electron chi connectivity index (χ4n) is 5.89. The van der Waals surface area contributed by atoms with E-state index in [9.17, 15) is 4.79 Å². The van der Waals surface area contributed by atoms with Crippen LogP contribution < -0.4 is 5.73 Å².